The second kappa shape index (κ2) is 10.2. The highest BCUT2D eigenvalue weighted by atomic mass is 16.7. The van der Waals surface area contributed by atoms with Gasteiger partial charge in [-0.15, -0.1) is 0 Å². The lowest BCUT2D eigenvalue weighted by Crippen LogP contribution is -2.32. The molecule has 0 unspecified atom stereocenters. The zero-order valence-corrected chi connectivity index (χ0v) is 17.4. The monoisotopic (exact) mass is 448 g/mol. The van der Waals surface area contributed by atoms with Gasteiger partial charge in [0.15, 0.2) is 18.1 Å². The number of rotatable bonds is 8. The van der Waals surface area contributed by atoms with Gasteiger partial charge in [0.05, 0.1) is 0 Å². The predicted molar refractivity (Wildman–Crippen MR) is 117 cm³/mol. The van der Waals surface area contributed by atoms with Crippen LogP contribution in [0.4, 0.5) is 5.69 Å². The van der Waals surface area contributed by atoms with E-state index < -0.39 is 24.4 Å². The highest BCUT2D eigenvalue weighted by Crippen LogP contribution is 2.32. The molecule has 33 heavy (non-hydrogen) atoms. The van der Waals surface area contributed by atoms with E-state index in [4.69, 9.17) is 18.9 Å². The van der Waals surface area contributed by atoms with Crippen LogP contribution in [0.3, 0.4) is 0 Å². The van der Waals surface area contributed by atoms with Crippen LogP contribution in [0, 0.1) is 0 Å². The fraction of sp³-hybridized carbons (Fsp3) is 0.125. The van der Waals surface area contributed by atoms with Crippen LogP contribution in [0.1, 0.15) is 10.4 Å². The van der Waals surface area contributed by atoms with Crippen molar-refractivity contribution in [2.24, 2.45) is 0 Å². The molecule has 4 rings (SSSR count). The first-order valence-electron chi connectivity index (χ1n) is 10.0. The first-order chi connectivity index (χ1) is 16.1. The molecule has 0 spiro atoms. The molecule has 0 bridgehead atoms. The minimum absolute atomic E-state index is 0.0976. The summed E-state index contributed by atoms with van der Waals surface area (Å²) in [6.45, 7) is -0.770. The summed E-state index contributed by atoms with van der Waals surface area (Å²) in [5.74, 6) is 0.591. The van der Waals surface area contributed by atoms with Gasteiger partial charge in [0.2, 0.25) is 6.79 Å². The molecule has 0 aliphatic carbocycles. The molecular weight excluding hydrogens is 428 g/mol. The van der Waals surface area contributed by atoms with Gasteiger partial charge in [-0.2, -0.15) is 0 Å². The van der Waals surface area contributed by atoms with E-state index in [0.29, 0.717) is 34.2 Å². The van der Waals surface area contributed by atoms with Crippen molar-refractivity contribution in [2.75, 3.05) is 25.3 Å². The summed E-state index contributed by atoms with van der Waals surface area (Å²) in [7, 11) is 0. The van der Waals surface area contributed by atoms with Crippen LogP contribution >= 0.6 is 0 Å². The smallest absolute Gasteiger partial charge is 0.325 e. The maximum atomic E-state index is 12.2. The van der Waals surface area contributed by atoms with E-state index >= 15 is 0 Å². The topological polar surface area (TPSA) is 112 Å². The summed E-state index contributed by atoms with van der Waals surface area (Å²) >= 11 is 0. The van der Waals surface area contributed by atoms with Gasteiger partial charge < -0.3 is 29.6 Å². The number of carbonyl (C=O) groups excluding carboxylic acids is 3. The van der Waals surface area contributed by atoms with Crippen molar-refractivity contribution in [2.45, 2.75) is 0 Å². The molecule has 9 heteroatoms. The molecule has 0 saturated carbocycles. The van der Waals surface area contributed by atoms with Gasteiger partial charge in [0.25, 0.3) is 11.8 Å². The number of hydrogen-bond donors (Lipinski definition) is 2. The van der Waals surface area contributed by atoms with Gasteiger partial charge in [-0.05, 0) is 54.6 Å². The number of para-hydroxylation sites is 1. The number of fused-ring (bicyclic) bond motifs is 1. The molecule has 9 nitrogen and oxygen atoms in total. The third-order valence-electron chi connectivity index (χ3n) is 4.51. The molecule has 0 radical (unpaired) electrons. The highest BCUT2D eigenvalue weighted by molar-refractivity contribution is 5.97. The van der Waals surface area contributed by atoms with E-state index in [1.54, 1.807) is 36.4 Å². The second-order valence-electron chi connectivity index (χ2n) is 6.90. The Kier molecular flexibility index (Phi) is 6.70. The van der Waals surface area contributed by atoms with Crippen LogP contribution in [0.2, 0.25) is 0 Å². The largest absolute Gasteiger partial charge is 0.457 e. The SMILES string of the molecule is O=C(COC(=O)CNC(=O)c1ccc2c(c1)OCO2)Nc1ccc(Oc2ccccc2)cc1. The van der Waals surface area contributed by atoms with Crippen molar-refractivity contribution in [3.8, 4) is 23.0 Å². The number of anilines is 1. The number of amides is 2. The molecule has 3 aromatic rings. The first kappa shape index (κ1) is 21.7. The Bertz CT molecular complexity index is 1150. The van der Waals surface area contributed by atoms with Crippen molar-refractivity contribution in [3.05, 3.63) is 78.4 Å². The number of nitrogens with one attached hydrogen (secondary N) is 2. The van der Waals surface area contributed by atoms with Gasteiger partial charge in [-0.1, -0.05) is 18.2 Å². The predicted octanol–water partition coefficient (Wildman–Crippen LogP) is 3.12. The normalized spacial score (nSPS) is 11.4. The maximum absolute atomic E-state index is 12.2. The molecule has 1 heterocycles. The number of carbonyl (C=O) groups is 3. The molecule has 2 amide bonds. The average Bonchev–Trinajstić information content (AvgIpc) is 3.31. The van der Waals surface area contributed by atoms with Crippen LogP contribution < -0.4 is 24.8 Å². The summed E-state index contributed by atoms with van der Waals surface area (Å²) in [6, 6.07) is 20.7. The third kappa shape index (κ3) is 6.01. The fourth-order valence-corrected chi connectivity index (χ4v) is 2.92. The lowest BCUT2D eigenvalue weighted by atomic mass is 10.2. The van der Waals surface area contributed by atoms with Crippen molar-refractivity contribution in [3.63, 3.8) is 0 Å². The van der Waals surface area contributed by atoms with Crippen molar-refractivity contribution < 1.29 is 33.3 Å². The van der Waals surface area contributed by atoms with Crippen molar-refractivity contribution >= 4 is 23.5 Å². The van der Waals surface area contributed by atoms with Gasteiger partial charge in [0.1, 0.15) is 18.0 Å². The molecule has 1 aliphatic heterocycles. The Morgan fingerprint density at radius 1 is 0.848 bits per heavy atom. The lowest BCUT2D eigenvalue weighted by Gasteiger charge is -2.09. The minimum Gasteiger partial charge on any atom is -0.457 e. The van der Waals surface area contributed by atoms with E-state index in [9.17, 15) is 14.4 Å². The molecule has 168 valence electrons. The Morgan fingerprint density at radius 3 is 2.36 bits per heavy atom. The Labute approximate surface area is 189 Å². The first-order valence-corrected chi connectivity index (χ1v) is 10.0. The summed E-state index contributed by atoms with van der Waals surface area (Å²) < 4.78 is 21.0. The molecule has 0 saturated heterocycles. The maximum Gasteiger partial charge on any atom is 0.325 e. The Morgan fingerprint density at radius 2 is 1.58 bits per heavy atom. The van der Waals surface area contributed by atoms with Crippen LogP contribution in [-0.2, 0) is 14.3 Å². The number of hydrogen-bond acceptors (Lipinski definition) is 7. The number of benzene rings is 3. The van der Waals surface area contributed by atoms with Crippen molar-refractivity contribution in [1.29, 1.82) is 0 Å². The molecule has 2 N–H and O–H groups in total. The van der Waals surface area contributed by atoms with E-state index in [2.05, 4.69) is 10.6 Å². The van der Waals surface area contributed by atoms with E-state index in [1.165, 1.54) is 6.07 Å². The molecule has 0 fully saturated rings. The van der Waals surface area contributed by atoms with Crippen LogP contribution in [0.25, 0.3) is 0 Å². The zero-order valence-electron chi connectivity index (χ0n) is 17.4. The molecule has 3 aromatic carbocycles. The summed E-state index contributed by atoms with van der Waals surface area (Å²) in [6.07, 6.45) is 0. The molecule has 0 atom stereocenters. The van der Waals surface area contributed by atoms with Gasteiger partial charge >= 0.3 is 5.97 Å². The zero-order chi connectivity index (χ0) is 23.0. The molecule has 0 aromatic heterocycles. The lowest BCUT2D eigenvalue weighted by molar-refractivity contribution is -0.146. The van der Waals surface area contributed by atoms with Crippen LogP contribution in [0.15, 0.2) is 72.8 Å². The van der Waals surface area contributed by atoms with E-state index in [0.717, 1.165) is 0 Å². The highest BCUT2D eigenvalue weighted by Gasteiger charge is 2.17. The number of ether oxygens (including phenoxy) is 4. The average molecular weight is 448 g/mol. The summed E-state index contributed by atoms with van der Waals surface area (Å²) in [5, 5.41) is 5.05. The van der Waals surface area contributed by atoms with Gasteiger partial charge in [-0.3, -0.25) is 14.4 Å². The summed E-state index contributed by atoms with van der Waals surface area (Å²) in [5.41, 5.74) is 0.831. The molecular formula is C24H20N2O7. The Balaban J connectivity index is 1.18. The van der Waals surface area contributed by atoms with Crippen molar-refractivity contribution in [1.82, 2.24) is 5.32 Å². The Hall–Kier alpha value is -4.53. The quantitative estimate of drug-likeness (QED) is 0.509. The molecule has 1 aliphatic rings. The van der Waals surface area contributed by atoms with E-state index in [-0.39, 0.29) is 13.3 Å². The second-order valence-corrected chi connectivity index (χ2v) is 6.90. The number of esters is 1. The third-order valence-corrected chi connectivity index (χ3v) is 4.51. The standard InChI is InChI=1S/C24H20N2O7/c27-22(26-17-7-9-19(10-8-17)33-18-4-2-1-3-5-18)14-30-23(28)13-25-24(29)16-6-11-20-21(12-16)32-15-31-20/h1-12H,13-15H2,(H,25,29)(H,26,27). The van der Waals surface area contributed by atoms with Gasteiger partial charge in [-0.25, -0.2) is 0 Å². The van der Waals surface area contributed by atoms with Crippen LogP contribution in [0.5, 0.6) is 23.0 Å². The summed E-state index contributed by atoms with van der Waals surface area (Å²) in [4.78, 5) is 36.1. The van der Waals surface area contributed by atoms with E-state index in [1.807, 2.05) is 30.3 Å². The van der Waals surface area contributed by atoms with Crippen LogP contribution in [-0.4, -0.2) is 37.7 Å². The fourth-order valence-electron chi connectivity index (χ4n) is 2.92. The van der Waals surface area contributed by atoms with Gasteiger partial charge in [0, 0.05) is 11.3 Å². The minimum atomic E-state index is -0.745.